The van der Waals surface area contributed by atoms with Gasteiger partial charge in [-0.05, 0) is 12.1 Å². The molecule has 0 unspecified atom stereocenters. The van der Waals surface area contributed by atoms with E-state index >= 15 is 0 Å². The van der Waals surface area contributed by atoms with Gasteiger partial charge in [-0.3, -0.25) is 9.78 Å². The summed E-state index contributed by atoms with van der Waals surface area (Å²) in [6.07, 6.45) is 2.40. The zero-order chi connectivity index (χ0) is 14.0. The summed E-state index contributed by atoms with van der Waals surface area (Å²) in [5, 5.41) is 2.18. The molecule has 0 aliphatic rings. The van der Waals surface area contributed by atoms with Crippen LogP contribution in [0.1, 0.15) is 10.4 Å². The van der Waals surface area contributed by atoms with Gasteiger partial charge in [0.15, 0.2) is 23.3 Å². The second-order valence-electron chi connectivity index (χ2n) is 3.40. The zero-order valence-electron chi connectivity index (χ0n) is 9.12. The molecule has 2 aromatic rings. The van der Waals surface area contributed by atoms with Crippen molar-refractivity contribution in [3.05, 3.63) is 52.7 Å². The maximum atomic E-state index is 13.4. The molecular formula is C11H5ClF3N3O. The summed E-state index contributed by atoms with van der Waals surface area (Å²) >= 11 is 5.54. The molecule has 0 saturated heterocycles. The van der Waals surface area contributed by atoms with E-state index in [1.807, 2.05) is 0 Å². The number of hydrogen-bond acceptors (Lipinski definition) is 3. The summed E-state index contributed by atoms with van der Waals surface area (Å²) in [6, 6.07) is 1.47. The van der Waals surface area contributed by atoms with Crippen molar-refractivity contribution in [2.45, 2.75) is 0 Å². The van der Waals surface area contributed by atoms with Gasteiger partial charge in [0.1, 0.15) is 5.15 Å². The third kappa shape index (κ3) is 2.82. The van der Waals surface area contributed by atoms with E-state index < -0.39 is 28.9 Å². The van der Waals surface area contributed by atoms with E-state index in [0.29, 0.717) is 6.07 Å². The van der Waals surface area contributed by atoms with Crippen molar-refractivity contribution in [2.24, 2.45) is 0 Å². The Bertz CT molecular complexity index is 651. The number of carbonyl (C=O) groups is 1. The number of anilines is 1. The Morgan fingerprint density at radius 2 is 1.89 bits per heavy atom. The van der Waals surface area contributed by atoms with Crippen LogP contribution in [0.15, 0.2) is 24.5 Å². The van der Waals surface area contributed by atoms with Crippen LogP contribution in [0.4, 0.5) is 19.0 Å². The van der Waals surface area contributed by atoms with Crippen LogP contribution in [0.3, 0.4) is 0 Å². The Morgan fingerprint density at radius 3 is 2.58 bits per heavy atom. The fourth-order valence-electron chi connectivity index (χ4n) is 1.29. The smallest absolute Gasteiger partial charge is 0.259 e. The van der Waals surface area contributed by atoms with Gasteiger partial charge in [0.2, 0.25) is 0 Å². The highest BCUT2D eigenvalue weighted by Crippen LogP contribution is 2.16. The molecule has 1 heterocycles. The SMILES string of the molecule is O=C(Nc1cncc(Cl)n1)c1ccc(F)c(F)c1F. The highest BCUT2D eigenvalue weighted by molar-refractivity contribution is 6.29. The lowest BCUT2D eigenvalue weighted by molar-refractivity contribution is 0.102. The first kappa shape index (κ1) is 13.3. The number of amides is 1. The van der Waals surface area contributed by atoms with Crippen LogP contribution in [0, 0.1) is 17.5 Å². The number of nitrogens with zero attached hydrogens (tertiary/aromatic N) is 2. The Labute approximate surface area is 110 Å². The summed E-state index contributed by atoms with van der Waals surface area (Å²) in [4.78, 5) is 19.0. The monoisotopic (exact) mass is 287 g/mol. The molecule has 1 amide bonds. The molecule has 98 valence electrons. The molecule has 4 nitrogen and oxygen atoms in total. The van der Waals surface area contributed by atoms with Crippen LogP contribution < -0.4 is 5.32 Å². The summed E-state index contributed by atoms with van der Waals surface area (Å²) in [5.41, 5.74) is -0.652. The number of carbonyl (C=O) groups excluding carboxylic acids is 1. The highest BCUT2D eigenvalue weighted by Gasteiger charge is 2.19. The van der Waals surface area contributed by atoms with Crippen molar-refractivity contribution in [1.82, 2.24) is 9.97 Å². The highest BCUT2D eigenvalue weighted by atomic mass is 35.5. The van der Waals surface area contributed by atoms with Gasteiger partial charge in [-0.15, -0.1) is 0 Å². The molecular weight excluding hydrogens is 283 g/mol. The van der Waals surface area contributed by atoms with Gasteiger partial charge in [0, 0.05) is 0 Å². The van der Waals surface area contributed by atoms with Crippen molar-refractivity contribution >= 4 is 23.3 Å². The average Bonchev–Trinajstić information content (AvgIpc) is 2.36. The minimum absolute atomic E-state index is 0.0172. The quantitative estimate of drug-likeness (QED) is 0.864. The van der Waals surface area contributed by atoms with Crippen molar-refractivity contribution in [3.8, 4) is 0 Å². The molecule has 0 spiro atoms. The van der Waals surface area contributed by atoms with Gasteiger partial charge >= 0.3 is 0 Å². The van der Waals surface area contributed by atoms with E-state index in [4.69, 9.17) is 11.6 Å². The van der Waals surface area contributed by atoms with Crippen molar-refractivity contribution in [2.75, 3.05) is 5.32 Å². The molecule has 19 heavy (non-hydrogen) atoms. The molecule has 0 aliphatic heterocycles. The van der Waals surface area contributed by atoms with Gasteiger partial charge in [0.05, 0.1) is 18.0 Å². The maximum absolute atomic E-state index is 13.4. The summed E-state index contributed by atoms with van der Waals surface area (Å²) in [7, 11) is 0. The lowest BCUT2D eigenvalue weighted by Gasteiger charge is -2.06. The van der Waals surface area contributed by atoms with Crippen LogP contribution in [-0.4, -0.2) is 15.9 Å². The predicted molar refractivity (Wildman–Crippen MR) is 61.3 cm³/mol. The molecule has 1 aromatic carbocycles. The van der Waals surface area contributed by atoms with Gasteiger partial charge < -0.3 is 5.32 Å². The average molecular weight is 288 g/mol. The third-order valence-corrected chi connectivity index (χ3v) is 2.31. The third-order valence-electron chi connectivity index (χ3n) is 2.13. The Hall–Kier alpha value is -2.15. The van der Waals surface area contributed by atoms with Gasteiger partial charge in [0.25, 0.3) is 5.91 Å². The number of rotatable bonds is 2. The molecule has 0 fully saturated rings. The number of nitrogens with one attached hydrogen (secondary N) is 1. The first-order valence-electron chi connectivity index (χ1n) is 4.91. The first-order chi connectivity index (χ1) is 8.99. The van der Waals surface area contributed by atoms with E-state index in [1.165, 1.54) is 12.4 Å². The zero-order valence-corrected chi connectivity index (χ0v) is 9.88. The topological polar surface area (TPSA) is 54.9 Å². The summed E-state index contributed by atoms with van der Waals surface area (Å²) in [6.45, 7) is 0. The molecule has 1 aromatic heterocycles. The molecule has 2 rings (SSSR count). The van der Waals surface area contributed by atoms with Crippen molar-refractivity contribution in [3.63, 3.8) is 0 Å². The van der Waals surface area contributed by atoms with E-state index in [-0.39, 0.29) is 11.0 Å². The first-order valence-corrected chi connectivity index (χ1v) is 5.29. The lowest BCUT2D eigenvalue weighted by atomic mass is 10.2. The van der Waals surface area contributed by atoms with Crippen molar-refractivity contribution < 1.29 is 18.0 Å². The van der Waals surface area contributed by atoms with Crippen LogP contribution in [0.25, 0.3) is 0 Å². The normalized spacial score (nSPS) is 10.3. The van der Waals surface area contributed by atoms with Crippen LogP contribution in [-0.2, 0) is 0 Å². The van der Waals surface area contributed by atoms with Crippen LogP contribution in [0.5, 0.6) is 0 Å². The van der Waals surface area contributed by atoms with Crippen LogP contribution in [0.2, 0.25) is 5.15 Å². The summed E-state index contributed by atoms with van der Waals surface area (Å²) < 4.78 is 39.0. The predicted octanol–water partition coefficient (Wildman–Crippen LogP) is 2.80. The van der Waals surface area contributed by atoms with E-state index in [0.717, 1.165) is 6.07 Å². The maximum Gasteiger partial charge on any atom is 0.259 e. The fraction of sp³-hybridized carbons (Fsp3) is 0. The minimum atomic E-state index is -1.72. The van der Waals surface area contributed by atoms with Crippen LogP contribution >= 0.6 is 11.6 Å². The lowest BCUT2D eigenvalue weighted by Crippen LogP contribution is -2.16. The van der Waals surface area contributed by atoms with Gasteiger partial charge in [-0.25, -0.2) is 18.2 Å². The Morgan fingerprint density at radius 1 is 1.16 bits per heavy atom. The molecule has 0 aliphatic carbocycles. The number of aromatic nitrogens is 2. The molecule has 0 atom stereocenters. The van der Waals surface area contributed by atoms with Gasteiger partial charge in [-0.2, -0.15) is 0 Å². The Kier molecular flexibility index (Phi) is 3.66. The summed E-state index contributed by atoms with van der Waals surface area (Å²) in [5.74, 6) is -5.71. The number of benzene rings is 1. The van der Waals surface area contributed by atoms with Gasteiger partial charge in [-0.1, -0.05) is 11.6 Å². The second kappa shape index (κ2) is 5.23. The van der Waals surface area contributed by atoms with E-state index in [2.05, 4.69) is 15.3 Å². The molecule has 0 saturated carbocycles. The number of halogens is 4. The largest absolute Gasteiger partial charge is 0.305 e. The molecule has 0 radical (unpaired) electrons. The van der Waals surface area contributed by atoms with Crippen molar-refractivity contribution in [1.29, 1.82) is 0 Å². The Balaban J connectivity index is 2.28. The molecule has 0 bridgehead atoms. The number of hydrogen-bond donors (Lipinski definition) is 1. The van der Waals surface area contributed by atoms with E-state index in [9.17, 15) is 18.0 Å². The van der Waals surface area contributed by atoms with E-state index in [1.54, 1.807) is 0 Å². The standard InChI is InChI=1S/C11H5ClF3N3O/c12-7-3-16-4-8(17-7)18-11(19)5-1-2-6(13)10(15)9(5)14/h1-4H,(H,17,18,19). The molecule has 8 heteroatoms. The second-order valence-corrected chi connectivity index (χ2v) is 3.79. The fourth-order valence-corrected chi connectivity index (χ4v) is 1.43. The minimum Gasteiger partial charge on any atom is -0.305 e. The molecule has 1 N–H and O–H groups in total.